The van der Waals surface area contributed by atoms with Crippen LogP contribution < -0.4 is 0 Å². The van der Waals surface area contributed by atoms with Gasteiger partial charge < -0.3 is 9.53 Å². The van der Waals surface area contributed by atoms with E-state index in [0.29, 0.717) is 0 Å². The first-order chi connectivity index (χ1) is 5.33. The quantitative estimate of drug-likeness (QED) is 0.584. The summed E-state index contributed by atoms with van der Waals surface area (Å²) in [5.41, 5.74) is 0. The Morgan fingerprint density at radius 1 is 1.18 bits per heavy atom. The van der Waals surface area contributed by atoms with Crippen LogP contribution in [0.5, 0.6) is 0 Å². The number of carbonyl (C=O) groups excluding carboxylic acids is 1. The predicted molar refractivity (Wildman–Crippen MR) is 58.5 cm³/mol. The molecule has 0 aromatic rings. The number of alkyl halides is 1. The van der Waals surface area contributed by atoms with Crippen molar-refractivity contribution in [2.75, 3.05) is 17.6 Å². The third-order valence-corrected chi connectivity index (χ3v) is 1.68. The summed E-state index contributed by atoms with van der Waals surface area (Å²) < 4.78 is 6.12. The van der Waals surface area contributed by atoms with Gasteiger partial charge in [-0.1, -0.05) is 29.5 Å². The Morgan fingerprint density at radius 3 is 1.45 bits per heavy atom. The summed E-state index contributed by atoms with van der Waals surface area (Å²) >= 11 is 2.35. The van der Waals surface area contributed by atoms with Crippen molar-refractivity contribution < 1.29 is 9.53 Å². The minimum Gasteiger partial charge on any atom is -0.382 e. The molecule has 0 fully saturated rings. The van der Waals surface area contributed by atoms with Gasteiger partial charge in [-0.3, -0.25) is 0 Å². The highest BCUT2D eigenvalue weighted by molar-refractivity contribution is 14.1. The van der Waals surface area contributed by atoms with Crippen LogP contribution in [-0.2, 0) is 9.53 Å². The molecule has 0 aromatic heterocycles. The Bertz CT molecular complexity index is 39.1. The molecule has 0 spiro atoms. The van der Waals surface area contributed by atoms with Gasteiger partial charge in [-0.2, -0.15) is 0 Å². The lowest BCUT2D eigenvalue weighted by atomic mass is 10.6. The first-order valence-electron chi connectivity index (χ1n) is 3.75. The molecule has 0 aliphatic heterocycles. The normalized spacial score (nSPS) is 6.91. The summed E-state index contributed by atoms with van der Waals surface area (Å²) in [7, 11) is 0. The molecular formula is C8H19IO2. The molecule has 3 heteroatoms. The van der Waals surface area contributed by atoms with Gasteiger partial charge in [0.15, 0.2) is 0 Å². The highest BCUT2D eigenvalue weighted by atomic mass is 127. The third kappa shape index (κ3) is 64.1. The summed E-state index contributed by atoms with van der Waals surface area (Å²) in [6.07, 6.45) is 1.31. The molecule has 0 bridgehead atoms. The van der Waals surface area contributed by atoms with Crippen LogP contribution in [0.2, 0.25) is 0 Å². The molecule has 0 amide bonds. The highest BCUT2D eigenvalue weighted by Crippen LogP contribution is 1.81. The summed E-state index contributed by atoms with van der Waals surface area (Å²) in [5, 5.41) is 0. The van der Waals surface area contributed by atoms with E-state index >= 15 is 0 Å². The number of hydrogen-bond donors (Lipinski definition) is 0. The van der Waals surface area contributed by atoms with E-state index in [2.05, 4.69) is 29.5 Å². The number of halogens is 1. The van der Waals surface area contributed by atoms with E-state index < -0.39 is 0 Å². The van der Waals surface area contributed by atoms with Gasteiger partial charge in [0.25, 0.3) is 0 Å². The highest BCUT2D eigenvalue weighted by Gasteiger charge is 1.64. The molecule has 0 aliphatic carbocycles. The van der Waals surface area contributed by atoms with Crippen molar-refractivity contribution in [2.45, 2.75) is 27.2 Å². The molecule has 0 saturated carbocycles. The third-order valence-electron chi connectivity index (χ3n) is 0.597. The lowest BCUT2D eigenvalue weighted by Gasteiger charge is -1.86. The molecule has 0 rings (SSSR count). The topological polar surface area (TPSA) is 26.3 Å². The fourth-order valence-electron chi connectivity index (χ4n) is 0.204. The molecule has 11 heavy (non-hydrogen) atoms. The van der Waals surface area contributed by atoms with Crippen LogP contribution in [-0.4, -0.2) is 24.4 Å². The van der Waals surface area contributed by atoms with Crippen molar-refractivity contribution in [1.82, 2.24) is 0 Å². The summed E-state index contributed by atoms with van der Waals surface area (Å²) in [6.45, 7) is 9.84. The van der Waals surface area contributed by atoms with Crippen molar-refractivity contribution >= 4 is 29.4 Å². The van der Waals surface area contributed by atoms with Crippen molar-refractivity contribution in [3.05, 3.63) is 0 Å². The molecule has 0 aromatic carbocycles. The summed E-state index contributed by atoms with van der Waals surface area (Å²) in [4.78, 5) is 8.00. The van der Waals surface area contributed by atoms with Gasteiger partial charge in [0.2, 0.25) is 0 Å². The number of ether oxygens (including phenoxy) is 1. The van der Waals surface area contributed by atoms with Gasteiger partial charge in [0, 0.05) is 13.2 Å². The zero-order chi connectivity index (χ0) is 9.54. The molecule has 0 atom stereocenters. The van der Waals surface area contributed by atoms with Gasteiger partial charge in [-0.15, -0.1) is 0 Å². The van der Waals surface area contributed by atoms with Crippen LogP contribution in [0.25, 0.3) is 0 Å². The molecule has 70 valence electrons. The van der Waals surface area contributed by atoms with Crippen LogP contribution in [0.1, 0.15) is 27.2 Å². The fraction of sp³-hybridized carbons (Fsp3) is 0.875. The van der Waals surface area contributed by atoms with Gasteiger partial charge in [0.1, 0.15) is 6.79 Å². The minimum absolute atomic E-state index is 0.844. The smallest absolute Gasteiger partial charge is 0.106 e. The molecule has 0 unspecified atom stereocenters. The monoisotopic (exact) mass is 274 g/mol. The second-order valence-electron chi connectivity index (χ2n) is 1.47. The average molecular weight is 274 g/mol. The molecule has 0 N–H and O–H groups in total. The number of rotatable bonds is 3. The fourth-order valence-corrected chi connectivity index (χ4v) is 0.204. The van der Waals surface area contributed by atoms with E-state index in [1.807, 2.05) is 20.6 Å². The Hall–Kier alpha value is 0.360. The van der Waals surface area contributed by atoms with Gasteiger partial charge in [0.05, 0.1) is 0 Å². The molecule has 2 nitrogen and oxygen atoms in total. The van der Waals surface area contributed by atoms with Crippen LogP contribution in [0.4, 0.5) is 0 Å². The first kappa shape index (κ1) is 17.4. The zero-order valence-corrected chi connectivity index (χ0v) is 9.89. The maximum Gasteiger partial charge on any atom is 0.106 e. The van der Waals surface area contributed by atoms with Gasteiger partial charge in [-0.25, -0.2) is 0 Å². The Labute approximate surface area is 83.8 Å². The Balaban J connectivity index is -0.0000000965. The van der Waals surface area contributed by atoms with E-state index in [1.165, 1.54) is 10.8 Å². The Morgan fingerprint density at radius 2 is 1.45 bits per heavy atom. The van der Waals surface area contributed by atoms with E-state index in [0.717, 1.165) is 13.2 Å². The first-order valence-corrected chi connectivity index (χ1v) is 5.28. The standard InChI is InChI=1S/C4H10O.C3H7I.CH2O/c1-3-5-4-2;1-2-3-4;1-2/h3-4H2,1-2H3;2-3H2,1H3;1H2. The van der Waals surface area contributed by atoms with Crippen molar-refractivity contribution in [1.29, 1.82) is 0 Å². The van der Waals surface area contributed by atoms with Crippen molar-refractivity contribution in [2.24, 2.45) is 0 Å². The maximum atomic E-state index is 8.00. The van der Waals surface area contributed by atoms with Crippen molar-refractivity contribution in [3.8, 4) is 0 Å². The molecule has 0 heterocycles. The Kier molecular flexibility index (Phi) is 50.1. The van der Waals surface area contributed by atoms with Crippen LogP contribution in [0.15, 0.2) is 0 Å². The molecule has 0 saturated heterocycles. The van der Waals surface area contributed by atoms with E-state index in [1.54, 1.807) is 0 Å². The lowest BCUT2D eigenvalue weighted by Crippen LogP contribution is -1.84. The minimum atomic E-state index is 0.844. The predicted octanol–water partition coefficient (Wildman–Crippen LogP) is 2.69. The summed E-state index contributed by atoms with van der Waals surface area (Å²) in [6, 6.07) is 0. The van der Waals surface area contributed by atoms with Crippen LogP contribution >= 0.6 is 22.6 Å². The summed E-state index contributed by atoms with van der Waals surface area (Å²) in [5.74, 6) is 0. The van der Waals surface area contributed by atoms with E-state index in [4.69, 9.17) is 9.53 Å². The van der Waals surface area contributed by atoms with E-state index in [9.17, 15) is 0 Å². The largest absolute Gasteiger partial charge is 0.382 e. The van der Waals surface area contributed by atoms with Crippen molar-refractivity contribution in [3.63, 3.8) is 0 Å². The number of hydrogen-bond acceptors (Lipinski definition) is 2. The van der Waals surface area contributed by atoms with Crippen LogP contribution in [0, 0.1) is 0 Å². The molecule has 0 radical (unpaired) electrons. The maximum absolute atomic E-state index is 8.00. The zero-order valence-electron chi connectivity index (χ0n) is 7.73. The SMILES string of the molecule is C=O.CCCI.CCOCC. The number of carbonyl (C=O) groups is 1. The molecule has 0 aliphatic rings. The second kappa shape index (κ2) is 31.6. The lowest BCUT2D eigenvalue weighted by molar-refractivity contribution is -0.0979. The average Bonchev–Trinajstić information content (AvgIpc) is 2.10. The van der Waals surface area contributed by atoms with Gasteiger partial charge in [-0.05, 0) is 24.7 Å². The van der Waals surface area contributed by atoms with Gasteiger partial charge >= 0.3 is 0 Å². The van der Waals surface area contributed by atoms with Crippen LogP contribution in [0.3, 0.4) is 0 Å². The second-order valence-corrected chi connectivity index (χ2v) is 2.55. The van der Waals surface area contributed by atoms with E-state index in [-0.39, 0.29) is 0 Å². The molecular weight excluding hydrogens is 255 g/mol.